The van der Waals surface area contributed by atoms with Crippen molar-refractivity contribution in [2.24, 2.45) is 0 Å². The number of aliphatic hydroxyl groups excluding tert-OH is 1. The Kier molecular flexibility index (Phi) is 5.24. The van der Waals surface area contributed by atoms with Gasteiger partial charge in [-0.1, -0.05) is 6.07 Å². The largest absolute Gasteiger partial charge is 0.497 e. The summed E-state index contributed by atoms with van der Waals surface area (Å²) in [6.07, 6.45) is 2.77. The fourth-order valence-electron chi connectivity index (χ4n) is 3.33. The highest BCUT2D eigenvalue weighted by molar-refractivity contribution is 6.01. The second kappa shape index (κ2) is 7.57. The van der Waals surface area contributed by atoms with Crippen LogP contribution in [0.2, 0.25) is 0 Å². The van der Waals surface area contributed by atoms with Crippen molar-refractivity contribution in [3.63, 3.8) is 0 Å². The summed E-state index contributed by atoms with van der Waals surface area (Å²) >= 11 is 0. The maximum Gasteiger partial charge on any atom is 0.257 e. The number of aryl methyl sites for hydroxylation is 1. The molecule has 0 unspecified atom stereocenters. The van der Waals surface area contributed by atoms with Gasteiger partial charge in [-0.15, -0.1) is 0 Å². The van der Waals surface area contributed by atoms with E-state index >= 15 is 0 Å². The van der Waals surface area contributed by atoms with Gasteiger partial charge in [-0.2, -0.15) is 0 Å². The maximum atomic E-state index is 10.8. The summed E-state index contributed by atoms with van der Waals surface area (Å²) < 4.78 is 12.1. The van der Waals surface area contributed by atoms with Crippen molar-refractivity contribution in [1.29, 1.82) is 0 Å². The number of fused-ring (bicyclic) bond motifs is 1. The van der Waals surface area contributed by atoms with Crippen LogP contribution in [0.5, 0.6) is 11.5 Å². The van der Waals surface area contributed by atoms with E-state index in [0.717, 1.165) is 47.6 Å². The number of methoxy groups -OCH3 is 1. The molecule has 0 saturated carbocycles. The van der Waals surface area contributed by atoms with Gasteiger partial charge in [0.2, 0.25) is 5.71 Å². The molecule has 0 saturated heterocycles. The summed E-state index contributed by atoms with van der Waals surface area (Å²) in [4.78, 5) is 0. The predicted octanol–water partition coefficient (Wildman–Crippen LogP) is 3.23. The summed E-state index contributed by atoms with van der Waals surface area (Å²) in [5.41, 5.74) is 4.82. The van der Waals surface area contributed by atoms with E-state index in [1.54, 1.807) is 7.11 Å². The molecule has 0 amide bonds. The average molecular weight is 342 g/mol. The normalized spacial score (nSPS) is 15.5. The van der Waals surface area contributed by atoms with Gasteiger partial charge in [-0.3, -0.25) is 5.21 Å². The Morgan fingerprint density at radius 3 is 2.52 bits per heavy atom. The van der Waals surface area contributed by atoms with E-state index in [2.05, 4.69) is 6.07 Å². The van der Waals surface area contributed by atoms with E-state index in [4.69, 9.17) is 14.6 Å². The highest BCUT2D eigenvalue weighted by Gasteiger charge is 2.29. The lowest BCUT2D eigenvalue weighted by Gasteiger charge is -2.19. The van der Waals surface area contributed by atoms with Gasteiger partial charge in [-0.25, -0.2) is 0 Å². The fourth-order valence-corrected chi connectivity index (χ4v) is 3.33. The highest BCUT2D eigenvalue weighted by atomic mass is 16.5. The minimum Gasteiger partial charge on any atom is -0.497 e. The third-order valence-electron chi connectivity index (χ3n) is 4.57. The molecule has 2 aromatic carbocycles. The second-order valence-electron chi connectivity index (χ2n) is 6.10. The minimum absolute atomic E-state index is 0.0227. The lowest BCUT2D eigenvalue weighted by atomic mass is 9.86. The number of hydrogen-bond donors (Lipinski definition) is 2. The van der Waals surface area contributed by atoms with Gasteiger partial charge in [0.05, 0.1) is 19.3 Å². The molecule has 0 heterocycles. The summed E-state index contributed by atoms with van der Waals surface area (Å²) in [6, 6.07) is 11.3. The molecule has 0 spiro atoms. The first-order valence-corrected chi connectivity index (χ1v) is 8.51. The van der Waals surface area contributed by atoms with Crippen LogP contribution in [0.25, 0.3) is 0 Å². The Hall–Kier alpha value is -2.53. The smallest absolute Gasteiger partial charge is 0.257 e. The molecule has 1 aliphatic rings. The molecule has 5 nitrogen and oxygen atoms in total. The van der Waals surface area contributed by atoms with Crippen molar-refractivity contribution in [3.8, 4) is 11.5 Å². The van der Waals surface area contributed by atoms with Crippen molar-refractivity contribution < 1.29 is 24.5 Å². The third kappa shape index (κ3) is 3.46. The molecule has 25 heavy (non-hydrogen) atoms. The zero-order valence-electron chi connectivity index (χ0n) is 14.7. The Labute approximate surface area is 147 Å². The van der Waals surface area contributed by atoms with Crippen LogP contribution >= 0.6 is 0 Å². The first kappa shape index (κ1) is 17.3. The Bertz CT molecular complexity index is 781. The molecule has 0 radical (unpaired) electrons. The maximum absolute atomic E-state index is 10.8. The van der Waals surface area contributed by atoms with Crippen LogP contribution in [0.4, 0.5) is 5.69 Å². The van der Waals surface area contributed by atoms with E-state index in [1.807, 2.05) is 37.3 Å². The van der Waals surface area contributed by atoms with Crippen molar-refractivity contribution in [2.45, 2.75) is 26.2 Å². The van der Waals surface area contributed by atoms with Crippen LogP contribution < -0.4 is 9.47 Å². The number of ether oxygens (including phenoxy) is 2. The van der Waals surface area contributed by atoms with E-state index in [0.29, 0.717) is 5.69 Å². The monoisotopic (exact) mass is 342 g/mol. The van der Waals surface area contributed by atoms with Gasteiger partial charge in [0.1, 0.15) is 18.1 Å². The first-order chi connectivity index (χ1) is 12.2. The molecule has 3 rings (SSSR count). The molecular formula is C20H24NO4+. The lowest BCUT2D eigenvalue weighted by Crippen LogP contribution is -2.22. The molecule has 0 atom stereocenters. The van der Waals surface area contributed by atoms with Crippen LogP contribution in [-0.2, 0) is 6.42 Å². The number of benzene rings is 2. The highest BCUT2D eigenvalue weighted by Crippen LogP contribution is 2.32. The zero-order chi connectivity index (χ0) is 17.8. The van der Waals surface area contributed by atoms with Crippen molar-refractivity contribution in [2.75, 3.05) is 20.3 Å². The summed E-state index contributed by atoms with van der Waals surface area (Å²) in [5.74, 6) is 1.50. The van der Waals surface area contributed by atoms with Crippen molar-refractivity contribution in [1.82, 2.24) is 0 Å². The first-order valence-electron chi connectivity index (χ1n) is 8.51. The third-order valence-corrected chi connectivity index (χ3v) is 4.57. The van der Waals surface area contributed by atoms with Gasteiger partial charge < -0.3 is 14.6 Å². The molecule has 2 aromatic rings. The van der Waals surface area contributed by atoms with Crippen LogP contribution in [0.1, 0.15) is 29.5 Å². The Morgan fingerprint density at radius 2 is 1.84 bits per heavy atom. The molecule has 0 aliphatic heterocycles. The second-order valence-corrected chi connectivity index (χ2v) is 6.10. The molecule has 5 heteroatoms. The van der Waals surface area contributed by atoms with Gasteiger partial charge in [0.15, 0.2) is 0 Å². The molecule has 0 bridgehead atoms. The van der Waals surface area contributed by atoms with Crippen molar-refractivity contribution in [3.05, 3.63) is 53.1 Å². The van der Waals surface area contributed by atoms with E-state index in [9.17, 15) is 5.21 Å². The quantitative estimate of drug-likeness (QED) is 0.497. The Balaban J connectivity index is 2.06. The number of aliphatic hydroxyl groups is 1. The molecule has 132 valence electrons. The van der Waals surface area contributed by atoms with Crippen molar-refractivity contribution >= 4 is 11.4 Å². The number of nitrogens with zero attached hydrogens (tertiary/aromatic N) is 1. The van der Waals surface area contributed by atoms with Gasteiger partial charge in [-0.05, 0) is 43.5 Å². The van der Waals surface area contributed by atoms with Crippen LogP contribution in [0.3, 0.4) is 0 Å². The number of rotatable bonds is 5. The van der Waals surface area contributed by atoms with Crippen LogP contribution in [0, 0.1) is 6.92 Å². The molecule has 0 fully saturated rings. The summed E-state index contributed by atoms with van der Waals surface area (Å²) in [5, 5.41) is 19.8. The van der Waals surface area contributed by atoms with Crippen LogP contribution in [-0.4, -0.2) is 41.1 Å². The SMILES string of the molecule is COc1ccc(/[N+](O)=C2\CCCc3ccc(OCCO)c(C)c32)cc1. The van der Waals surface area contributed by atoms with Crippen LogP contribution in [0.15, 0.2) is 36.4 Å². The lowest BCUT2D eigenvalue weighted by molar-refractivity contribution is -0.713. The van der Waals surface area contributed by atoms with E-state index in [-0.39, 0.29) is 13.2 Å². The fraction of sp³-hybridized carbons (Fsp3) is 0.350. The molecular weight excluding hydrogens is 318 g/mol. The van der Waals surface area contributed by atoms with E-state index < -0.39 is 0 Å². The predicted molar refractivity (Wildman–Crippen MR) is 95.5 cm³/mol. The van der Waals surface area contributed by atoms with E-state index in [1.165, 1.54) is 10.3 Å². The topological polar surface area (TPSA) is 61.9 Å². The summed E-state index contributed by atoms with van der Waals surface area (Å²) in [7, 11) is 1.62. The molecule has 1 aliphatic carbocycles. The van der Waals surface area contributed by atoms with Gasteiger partial charge in [0, 0.05) is 28.9 Å². The number of hydrogen-bond acceptors (Lipinski definition) is 4. The average Bonchev–Trinajstić information content (AvgIpc) is 2.66. The standard InChI is InChI=1S/C20H24NO4/c1-14-19(25-13-12-22)11-6-15-4-3-5-18(20(14)15)21(23)16-7-9-17(24-2)10-8-16/h6-11,22-23H,3-5,12-13H2,1-2H3/q+1/b21-18-. The van der Waals surface area contributed by atoms with Gasteiger partial charge >= 0.3 is 0 Å². The molecule has 2 N–H and O–H groups in total. The zero-order valence-corrected chi connectivity index (χ0v) is 14.7. The Morgan fingerprint density at radius 1 is 1.08 bits per heavy atom. The minimum atomic E-state index is -0.0227. The van der Waals surface area contributed by atoms with Gasteiger partial charge in [0.25, 0.3) is 5.69 Å². The molecule has 0 aromatic heterocycles. The summed E-state index contributed by atoms with van der Waals surface area (Å²) in [6.45, 7) is 2.24.